The van der Waals surface area contributed by atoms with Gasteiger partial charge in [-0.25, -0.2) is 9.37 Å². The molecule has 1 aromatic heterocycles. The summed E-state index contributed by atoms with van der Waals surface area (Å²) >= 11 is 1.28. The Balaban J connectivity index is 1.58. The number of hydrogen-bond donors (Lipinski definition) is 0. The van der Waals surface area contributed by atoms with E-state index in [-0.39, 0.29) is 18.0 Å². The maximum absolute atomic E-state index is 14.1. The average molecular weight is 422 g/mol. The quantitative estimate of drug-likeness (QED) is 0.418. The van der Waals surface area contributed by atoms with Gasteiger partial charge >= 0.3 is 0 Å². The van der Waals surface area contributed by atoms with Crippen molar-refractivity contribution in [2.24, 2.45) is 0 Å². The summed E-state index contributed by atoms with van der Waals surface area (Å²) in [5.74, 6) is 0.584. The van der Waals surface area contributed by atoms with E-state index in [0.29, 0.717) is 27.9 Å². The Morgan fingerprint density at radius 2 is 1.73 bits per heavy atom. The number of methoxy groups -OCH3 is 1. The minimum absolute atomic E-state index is 0.169. The first-order chi connectivity index (χ1) is 14.6. The fraction of sp³-hybridized carbons (Fsp3) is 0.130. The molecule has 0 aliphatic heterocycles. The summed E-state index contributed by atoms with van der Waals surface area (Å²) in [6, 6.07) is 21.4. The van der Waals surface area contributed by atoms with Gasteiger partial charge in [0.15, 0.2) is 11.7 Å². The summed E-state index contributed by atoms with van der Waals surface area (Å²) in [6.07, 6.45) is 0. The molecule has 3 aromatic carbocycles. The molecule has 152 valence electrons. The van der Waals surface area contributed by atoms with Gasteiger partial charge < -0.3 is 9.47 Å². The van der Waals surface area contributed by atoms with Crippen LogP contribution in [0.3, 0.4) is 0 Å². The number of anilines is 1. The van der Waals surface area contributed by atoms with Crippen molar-refractivity contribution in [3.05, 3.63) is 84.2 Å². The van der Waals surface area contributed by atoms with Crippen LogP contribution in [0.25, 0.3) is 10.2 Å². The molecule has 30 heavy (non-hydrogen) atoms. The normalized spacial score (nSPS) is 10.7. The smallest absolute Gasteiger partial charge is 0.267 e. The summed E-state index contributed by atoms with van der Waals surface area (Å²) in [7, 11) is 1.59. The van der Waals surface area contributed by atoms with Crippen molar-refractivity contribution in [2.45, 2.75) is 6.54 Å². The predicted molar refractivity (Wildman–Crippen MR) is 116 cm³/mol. The highest BCUT2D eigenvalue weighted by Crippen LogP contribution is 2.31. The molecule has 0 N–H and O–H groups in total. The molecule has 1 amide bonds. The first kappa shape index (κ1) is 19.8. The maximum Gasteiger partial charge on any atom is 0.267 e. The zero-order valence-corrected chi connectivity index (χ0v) is 17.1. The van der Waals surface area contributed by atoms with Gasteiger partial charge in [0, 0.05) is 0 Å². The highest BCUT2D eigenvalue weighted by Gasteiger charge is 2.21. The summed E-state index contributed by atoms with van der Waals surface area (Å²) in [5, 5.41) is 0.433. The van der Waals surface area contributed by atoms with Crippen LogP contribution < -0.4 is 14.4 Å². The molecule has 4 rings (SSSR count). The molecule has 7 heteroatoms. The number of benzene rings is 3. The van der Waals surface area contributed by atoms with Crippen molar-refractivity contribution >= 4 is 32.6 Å². The SMILES string of the molecule is COc1ccc(OCC(=O)N(Cc2ccccc2)c2nc3c(F)cccc3s2)cc1. The molecular formula is C23H19FN2O3S. The van der Waals surface area contributed by atoms with Crippen molar-refractivity contribution in [1.82, 2.24) is 4.98 Å². The Hall–Kier alpha value is -3.45. The number of halogens is 1. The van der Waals surface area contributed by atoms with Crippen LogP contribution in [0, 0.1) is 5.82 Å². The Labute approximate surface area is 177 Å². The van der Waals surface area contributed by atoms with Crippen molar-refractivity contribution < 1.29 is 18.7 Å². The molecule has 4 aromatic rings. The molecule has 0 spiro atoms. The molecule has 0 fully saturated rings. The number of ether oxygens (including phenoxy) is 2. The first-order valence-electron chi connectivity index (χ1n) is 9.30. The van der Waals surface area contributed by atoms with E-state index in [1.54, 1.807) is 43.5 Å². The minimum atomic E-state index is -0.406. The van der Waals surface area contributed by atoms with E-state index in [9.17, 15) is 9.18 Å². The number of para-hydroxylation sites is 1. The van der Waals surface area contributed by atoms with Crippen LogP contribution >= 0.6 is 11.3 Å². The van der Waals surface area contributed by atoms with Crippen LogP contribution in [-0.2, 0) is 11.3 Å². The van der Waals surface area contributed by atoms with Crippen molar-refractivity contribution in [1.29, 1.82) is 0 Å². The lowest BCUT2D eigenvalue weighted by atomic mass is 10.2. The fourth-order valence-electron chi connectivity index (χ4n) is 2.94. The van der Waals surface area contributed by atoms with Gasteiger partial charge in [-0.3, -0.25) is 9.69 Å². The number of aromatic nitrogens is 1. The van der Waals surface area contributed by atoms with Crippen LogP contribution in [0.2, 0.25) is 0 Å². The van der Waals surface area contributed by atoms with Gasteiger partial charge in [0.2, 0.25) is 0 Å². The number of nitrogens with zero attached hydrogens (tertiary/aromatic N) is 2. The zero-order valence-electron chi connectivity index (χ0n) is 16.2. The third-order valence-electron chi connectivity index (χ3n) is 4.50. The lowest BCUT2D eigenvalue weighted by molar-refractivity contribution is -0.120. The van der Waals surface area contributed by atoms with Gasteiger partial charge in [-0.2, -0.15) is 0 Å². The molecule has 0 atom stereocenters. The molecule has 0 radical (unpaired) electrons. The second-order valence-electron chi connectivity index (χ2n) is 6.51. The number of carbonyl (C=O) groups is 1. The maximum atomic E-state index is 14.1. The number of fused-ring (bicyclic) bond motifs is 1. The molecule has 0 unspecified atom stereocenters. The second-order valence-corrected chi connectivity index (χ2v) is 7.52. The Bertz CT molecular complexity index is 1150. The van der Waals surface area contributed by atoms with Crippen LogP contribution in [0.1, 0.15) is 5.56 Å². The van der Waals surface area contributed by atoms with Crippen molar-refractivity contribution in [3.63, 3.8) is 0 Å². The first-order valence-corrected chi connectivity index (χ1v) is 10.1. The molecular weight excluding hydrogens is 403 g/mol. The van der Waals surface area contributed by atoms with Gasteiger partial charge in [0.1, 0.15) is 22.8 Å². The highest BCUT2D eigenvalue weighted by atomic mass is 32.1. The zero-order chi connectivity index (χ0) is 20.9. The number of hydrogen-bond acceptors (Lipinski definition) is 5. The van der Waals surface area contributed by atoms with E-state index < -0.39 is 5.82 Å². The lowest BCUT2D eigenvalue weighted by Crippen LogP contribution is -2.34. The van der Waals surface area contributed by atoms with Crippen molar-refractivity contribution in [2.75, 3.05) is 18.6 Å². The third kappa shape index (κ3) is 4.41. The fourth-order valence-corrected chi connectivity index (χ4v) is 3.94. The van der Waals surface area contributed by atoms with Gasteiger partial charge in [0.25, 0.3) is 5.91 Å². The van der Waals surface area contributed by atoms with Gasteiger partial charge in [-0.15, -0.1) is 0 Å². The summed E-state index contributed by atoms with van der Waals surface area (Å²) in [4.78, 5) is 19.0. The van der Waals surface area contributed by atoms with Gasteiger partial charge in [-0.05, 0) is 42.0 Å². The molecule has 0 aliphatic rings. The molecule has 5 nitrogen and oxygen atoms in total. The summed E-state index contributed by atoms with van der Waals surface area (Å²) in [5.41, 5.74) is 1.20. The molecule has 0 saturated heterocycles. The molecule has 0 bridgehead atoms. The highest BCUT2D eigenvalue weighted by molar-refractivity contribution is 7.22. The Morgan fingerprint density at radius 3 is 2.43 bits per heavy atom. The standard InChI is InChI=1S/C23H19FN2O3S/c1-28-17-10-12-18(13-11-17)29-15-21(27)26(14-16-6-3-2-4-7-16)23-25-22-19(24)8-5-9-20(22)30-23/h2-13H,14-15H2,1H3. The Morgan fingerprint density at radius 1 is 1.00 bits per heavy atom. The lowest BCUT2D eigenvalue weighted by Gasteiger charge is -2.20. The number of amides is 1. The topological polar surface area (TPSA) is 51.7 Å². The van der Waals surface area contributed by atoms with E-state index >= 15 is 0 Å². The van der Waals surface area contributed by atoms with E-state index in [2.05, 4.69) is 4.98 Å². The average Bonchev–Trinajstić information content (AvgIpc) is 3.22. The molecule has 0 aliphatic carbocycles. The second kappa shape index (κ2) is 8.92. The number of thiazole rings is 1. The minimum Gasteiger partial charge on any atom is -0.497 e. The monoisotopic (exact) mass is 422 g/mol. The summed E-state index contributed by atoms with van der Waals surface area (Å²) < 4.78 is 25.6. The van der Waals surface area contributed by atoms with E-state index in [4.69, 9.17) is 9.47 Å². The van der Waals surface area contributed by atoms with Crippen LogP contribution in [-0.4, -0.2) is 24.6 Å². The van der Waals surface area contributed by atoms with Crippen LogP contribution in [0.5, 0.6) is 11.5 Å². The number of rotatable bonds is 7. The van der Waals surface area contributed by atoms with Gasteiger partial charge in [-0.1, -0.05) is 47.7 Å². The molecule has 0 saturated carbocycles. The number of carbonyl (C=O) groups excluding carboxylic acids is 1. The van der Waals surface area contributed by atoms with E-state index in [0.717, 1.165) is 5.56 Å². The van der Waals surface area contributed by atoms with Gasteiger partial charge in [0.05, 0.1) is 18.4 Å². The predicted octanol–water partition coefficient (Wildman–Crippen LogP) is 5.06. The van der Waals surface area contributed by atoms with E-state index in [1.165, 1.54) is 22.3 Å². The van der Waals surface area contributed by atoms with Crippen molar-refractivity contribution in [3.8, 4) is 11.5 Å². The largest absolute Gasteiger partial charge is 0.497 e. The Kier molecular flexibility index (Phi) is 5.90. The molecule has 1 heterocycles. The summed E-state index contributed by atoms with van der Waals surface area (Å²) in [6.45, 7) is 0.144. The van der Waals surface area contributed by atoms with Crippen LogP contribution in [0.15, 0.2) is 72.8 Å². The van der Waals surface area contributed by atoms with E-state index in [1.807, 2.05) is 30.3 Å². The third-order valence-corrected chi connectivity index (χ3v) is 5.54. The van der Waals surface area contributed by atoms with Crippen LogP contribution in [0.4, 0.5) is 9.52 Å².